The van der Waals surface area contributed by atoms with Crippen molar-refractivity contribution in [2.75, 3.05) is 6.54 Å². The third-order valence-electron chi connectivity index (χ3n) is 1.74. The number of hydrogen-bond acceptors (Lipinski definition) is 3. The van der Waals surface area contributed by atoms with Crippen molar-refractivity contribution in [3.05, 3.63) is 0 Å². The summed E-state index contributed by atoms with van der Waals surface area (Å²) in [6, 6.07) is 0. The van der Waals surface area contributed by atoms with Gasteiger partial charge >= 0.3 is 5.97 Å². The van der Waals surface area contributed by atoms with Gasteiger partial charge in [-0.1, -0.05) is 0 Å². The van der Waals surface area contributed by atoms with Gasteiger partial charge < -0.3 is 16.2 Å². The number of primary amides is 1. The van der Waals surface area contributed by atoms with Crippen LogP contribution >= 0.6 is 0 Å². The van der Waals surface area contributed by atoms with Crippen LogP contribution < -0.4 is 11.1 Å². The fraction of sp³-hybridized carbons (Fsp3) is 0.667. The second kappa shape index (κ2) is 7.78. The summed E-state index contributed by atoms with van der Waals surface area (Å²) in [6.45, 7) is 0.243. The maximum Gasteiger partial charge on any atom is 0.303 e. The number of amides is 2. The molecule has 2 amide bonds. The zero-order valence-corrected chi connectivity index (χ0v) is 8.49. The molecule has 0 saturated carbocycles. The summed E-state index contributed by atoms with van der Waals surface area (Å²) in [5, 5.41) is 10.8. The normalized spacial score (nSPS) is 9.60. The lowest BCUT2D eigenvalue weighted by atomic mass is 10.2. The number of carbonyl (C=O) groups is 3. The minimum absolute atomic E-state index is 0.0779. The third kappa shape index (κ3) is 10.3. The van der Waals surface area contributed by atoms with Gasteiger partial charge in [-0.05, 0) is 12.8 Å². The van der Waals surface area contributed by atoms with Crippen molar-refractivity contribution in [2.45, 2.75) is 32.1 Å². The van der Waals surface area contributed by atoms with E-state index in [1.807, 2.05) is 0 Å². The number of hydrogen-bond donors (Lipinski definition) is 3. The molecule has 0 spiro atoms. The molecular formula is C9H16N2O4. The van der Waals surface area contributed by atoms with E-state index < -0.39 is 11.9 Å². The summed E-state index contributed by atoms with van der Waals surface area (Å²) in [5.74, 6) is -1.49. The van der Waals surface area contributed by atoms with Crippen molar-refractivity contribution in [3.63, 3.8) is 0 Å². The summed E-state index contributed by atoms with van der Waals surface area (Å²) in [6.07, 6.45) is 1.51. The van der Waals surface area contributed by atoms with Crippen molar-refractivity contribution >= 4 is 17.8 Å². The Labute approximate surface area is 87.8 Å². The van der Waals surface area contributed by atoms with E-state index in [4.69, 9.17) is 10.8 Å². The standard InChI is InChI=1S/C9H16N2O4/c10-7(12)5-6-11-8(13)3-1-2-4-9(14)15/h1-6H2,(H2,10,12)(H,11,13)(H,14,15). The van der Waals surface area contributed by atoms with Gasteiger partial charge in [-0.25, -0.2) is 0 Å². The topological polar surface area (TPSA) is 109 Å². The van der Waals surface area contributed by atoms with E-state index >= 15 is 0 Å². The second-order valence-corrected chi connectivity index (χ2v) is 3.17. The van der Waals surface area contributed by atoms with E-state index in [1.165, 1.54) is 0 Å². The smallest absolute Gasteiger partial charge is 0.303 e. The molecule has 0 unspecified atom stereocenters. The number of carboxylic acids is 1. The number of aliphatic carboxylic acids is 1. The minimum Gasteiger partial charge on any atom is -0.481 e. The molecule has 0 bridgehead atoms. The van der Waals surface area contributed by atoms with Gasteiger partial charge in [0.1, 0.15) is 0 Å². The van der Waals surface area contributed by atoms with Crippen molar-refractivity contribution in [3.8, 4) is 0 Å². The number of nitrogens with one attached hydrogen (secondary N) is 1. The molecule has 0 atom stereocenters. The van der Waals surface area contributed by atoms with Crippen LogP contribution in [0.2, 0.25) is 0 Å². The Bertz CT molecular complexity index is 240. The van der Waals surface area contributed by atoms with Gasteiger partial charge in [0.25, 0.3) is 0 Å². The number of carboxylic acid groups (broad SMARTS) is 1. The van der Waals surface area contributed by atoms with Crippen LogP contribution in [0.15, 0.2) is 0 Å². The van der Waals surface area contributed by atoms with Gasteiger partial charge in [0, 0.05) is 25.8 Å². The predicted octanol–water partition coefficient (Wildman–Crippen LogP) is -0.377. The lowest BCUT2D eigenvalue weighted by Gasteiger charge is -2.02. The number of unbranched alkanes of at least 4 members (excludes halogenated alkanes) is 1. The van der Waals surface area contributed by atoms with Crippen LogP contribution in [0.5, 0.6) is 0 Å². The first-order valence-electron chi connectivity index (χ1n) is 4.79. The molecule has 86 valence electrons. The molecule has 0 saturated heterocycles. The summed E-state index contributed by atoms with van der Waals surface area (Å²) in [7, 11) is 0. The third-order valence-corrected chi connectivity index (χ3v) is 1.74. The average Bonchev–Trinajstić information content (AvgIpc) is 2.11. The monoisotopic (exact) mass is 216 g/mol. The SMILES string of the molecule is NC(=O)CCNC(=O)CCCCC(=O)O. The van der Waals surface area contributed by atoms with Crippen LogP contribution in [0.25, 0.3) is 0 Å². The molecule has 0 fully saturated rings. The Hall–Kier alpha value is -1.59. The lowest BCUT2D eigenvalue weighted by molar-refractivity contribution is -0.137. The van der Waals surface area contributed by atoms with Gasteiger partial charge in [-0.2, -0.15) is 0 Å². The minimum atomic E-state index is -0.857. The lowest BCUT2D eigenvalue weighted by Crippen LogP contribution is -2.27. The molecule has 0 rings (SSSR count). The Kier molecular flexibility index (Phi) is 6.96. The van der Waals surface area contributed by atoms with E-state index in [2.05, 4.69) is 5.32 Å². The molecule has 6 heteroatoms. The molecular weight excluding hydrogens is 200 g/mol. The molecule has 0 heterocycles. The highest BCUT2D eigenvalue weighted by Gasteiger charge is 2.02. The van der Waals surface area contributed by atoms with Gasteiger partial charge in [-0.15, -0.1) is 0 Å². The second-order valence-electron chi connectivity index (χ2n) is 3.17. The van der Waals surface area contributed by atoms with Crippen molar-refractivity contribution in [1.29, 1.82) is 0 Å². The zero-order chi connectivity index (χ0) is 11.7. The first kappa shape index (κ1) is 13.4. The van der Waals surface area contributed by atoms with E-state index in [-0.39, 0.29) is 31.7 Å². The van der Waals surface area contributed by atoms with E-state index in [9.17, 15) is 14.4 Å². The molecule has 0 aromatic rings. The number of nitrogens with two attached hydrogens (primary N) is 1. The Morgan fingerprint density at radius 3 is 2.20 bits per heavy atom. The summed E-state index contributed by atoms with van der Waals surface area (Å²) in [5.41, 5.74) is 4.88. The first-order valence-corrected chi connectivity index (χ1v) is 4.79. The van der Waals surface area contributed by atoms with Crippen molar-refractivity contribution in [1.82, 2.24) is 5.32 Å². The van der Waals surface area contributed by atoms with Crippen LogP contribution in [-0.2, 0) is 14.4 Å². The van der Waals surface area contributed by atoms with E-state index in [1.54, 1.807) is 0 Å². The van der Waals surface area contributed by atoms with Crippen LogP contribution in [-0.4, -0.2) is 29.4 Å². The largest absolute Gasteiger partial charge is 0.481 e. The van der Waals surface area contributed by atoms with Gasteiger partial charge in [-0.3, -0.25) is 14.4 Å². The molecule has 0 aromatic carbocycles. The molecule has 0 aliphatic rings. The van der Waals surface area contributed by atoms with Crippen LogP contribution in [0.4, 0.5) is 0 Å². The zero-order valence-electron chi connectivity index (χ0n) is 8.49. The van der Waals surface area contributed by atoms with Crippen LogP contribution in [0, 0.1) is 0 Å². The van der Waals surface area contributed by atoms with Crippen molar-refractivity contribution in [2.24, 2.45) is 5.73 Å². The van der Waals surface area contributed by atoms with Gasteiger partial charge in [0.15, 0.2) is 0 Å². The maximum absolute atomic E-state index is 11.1. The Morgan fingerprint density at radius 1 is 1.07 bits per heavy atom. The summed E-state index contributed by atoms with van der Waals surface area (Å²) < 4.78 is 0. The Morgan fingerprint density at radius 2 is 1.67 bits per heavy atom. The predicted molar refractivity (Wildman–Crippen MR) is 52.9 cm³/mol. The quantitative estimate of drug-likeness (QED) is 0.480. The van der Waals surface area contributed by atoms with Crippen molar-refractivity contribution < 1.29 is 19.5 Å². The highest BCUT2D eigenvalue weighted by molar-refractivity contribution is 5.78. The number of rotatable bonds is 8. The molecule has 0 radical (unpaired) electrons. The average molecular weight is 216 g/mol. The molecule has 15 heavy (non-hydrogen) atoms. The van der Waals surface area contributed by atoms with E-state index in [0.29, 0.717) is 12.8 Å². The summed E-state index contributed by atoms with van der Waals surface area (Å²) >= 11 is 0. The Balaban J connectivity index is 3.33. The molecule has 6 nitrogen and oxygen atoms in total. The molecule has 0 aliphatic heterocycles. The van der Waals surface area contributed by atoms with E-state index in [0.717, 1.165) is 0 Å². The molecule has 0 aliphatic carbocycles. The number of carbonyl (C=O) groups excluding carboxylic acids is 2. The fourth-order valence-corrected chi connectivity index (χ4v) is 0.975. The van der Waals surface area contributed by atoms with Crippen LogP contribution in [0.3, 0.4) is 0 Å². The molecule has 4 N–H and O–H groups in total. The first-order chi connectivity index (χ1) is 7.02. The van der Waals surface area contributed by atoms with Gasteiger partial charge in [0.05, 0.1) is 0 Å². The highest BCUT2D eigenvalue weighted by Crippen LogP contribution is 1.99. The fourth-order valence-electron chi connectivity index (χ4n) is 0.975. The van der Waals surface area contributed by atoms with Gasteiger partial charge in [0.2, 0.25) is 11.8 Å². The molecule has 0 aromatic heterocycles. The maximum atomic E-state index is 11.1. The highest BCUT2D eigenvalue weighted by atomic mass is 16.4. The summed E-state index contributed by atoms with van der Waals surface area (Å²) in [4.78, 5) is 31.5. The van der Waals surface area contributed by atoms with Crippen LogP contribution in [0.1, 0.15) is 32.1 Å².